The van der Waals surface area contributed by atoms with Crippen LogP contribution in [0.2, 0.25) is 0 Å². The van der Waals surface area contributed by atoms with E-state index in [2.05, 4.69) is 15.3 Å². The molecule has 10 nitrogen and oxygen atoms in total. The predicted molar refractivity (Wildman–Crippen MR) is 125 cm³/mol. The molecule has 4 atom stereocenters. The van der Waals surface area contributed by atoms with Crippen LogP contribution in [-0.4, -0.2) is 61.7 Å². The second-order valence-corrected chi connectivity index (χ2v) is 10.3. The van der Waals surface area contributed by atoms with Crippen LogP contribution >= 0.6 is 0 Å². The minimum atomic E-state index is -0.721. The molecule has 2 heterocycles. The van der Waals surface area contributed by atoms with Gasteiger partial charge in [0.05, 0.1) is 23.4 Å². The third-order valence-corrected chi connectivity index (χ3v) is 7.81. The van der Waals surface area contributed by atoms with Gasteiger partial charge in [-0.05, 0) is 68.9 Å². The molecule has 1 unspecified atom stereocenters. The Morgan fingerprint density at radius 3 is 2.71 bits per heavy atom. The molecular formula is C25H33N5O5. The summed E-state index contributed by atoms with van der Waals surface area (Å²) in [5.41, 5.74) is 2.53. The SMILES string of the molecule is Cc1nc(-c2nnn(C)c2COC(=O)N(C)CC2CCC2)ccc1O[C@H]1C[C@@H]2CC2[C@@H](C(=O)O)C1. The normalized spacial score (nSPS) is 25.3. The maximum Gasteiger partial charge on any atom is 0.409 e. The molecule has 3 fully saturated rings. The second kappa shape index (κ2) is 9.47. The lowest BCUT2D eigenvalue weighted by Gasteiger charge is -2.29. The molecule has 1 amide bonds. The number of nitrogens with zero attached hydrogens (tertiary/aromatic N) is 5. The van der Waals surface area contributed by atoms with Crippen molar-refractivity contribution in [3.63, 3.8) is 0 Å². The molecule has 35 heavy (non-hydrogen) atoms. The quantitative estimate of drug-likeness (QED) is 0.606. The first-order valence-electron chi connectivity index (χ1n) is 12.4. The molecule has 0 spiro atoms. The second-order valence-electron chi connectivity index (χ2n) is 10.3. The van der Waals surface area contributed by atoms with Crippen LogP contribution in [0.1, 0.15) is 49.9 Å². The van der Waals surface area contributed by atoms with Crippen LogP contribution in [0.3, 0.4) is 0 Å². The van der Waals surface area contributed by atoms with E-state index in [1.54, 1.807) is 23.7 Å². The fraction of sp³-hybridized carbons (Fsp3) is 0.640. The van der Waals surface area contributed by atoms with Gasteiger partial charge in [-0.2, -0.15) is 0 Å². The first kappa shape index (κ1) is 23.6. The van der Waals surface area contributed by atoms with E-state index < -0.39 is 5.97 Å². The highest BCUT2D eigenvalue weighted by Gasteiger charge is 2.52. The number of carbonyl (C=O) groups excluding carboxylic acids is 1. The largest absolute Gasteiger partial charge is 0.488 e. The predicted octanol–water partition coefficient (Wildman–Crippen LogP) is 3.43. The number of ether oxygens (including phenoxy) is 2. The van der Waals surface area contributed by atoms with E-state index in [0.29, 0.717) is 59.2 Å². The molecule has 0 aromatic carbocycles. The molecule has 0 radical (unpaired) electrons. The standard InChI is InChI=1S/C25H33N5O5/c1-14-22(35-17-9-16-10-18(16)19(11-17)24(31)32)8-7-20(26-14)23-21(30(3)28-27-23)13-34-25(33)29(2)12-15-5-4-6-15/h7-8,15-19H,4-6,9-13H2,1-3H3,(H,31,32)/t16-,17+,18?,19+/m1/s1. The number of carboxylic acids is 1. The summed E-state index contributed by atoms with van der Waals surface area (Å²) >= 11 is 0. The Bertz CT molecular complexity index is 1110. The maximum absolute atomic E-state index is 12.4. The van der Waals surface area contributed by atoms with Gasteiger partial charge in [-0.3, -0.25) is 4.79 Å². The Morgan fingerprint density at radius 2 is 2.03 bits per heavy atom. The van der Waals surface area contributed by atoms with E-state index in [9.17, 15) is 14.7 Å². The van der Waals surface area contributed by atoms with Crippen molar-refractivity contribution in [1.29, 1.82) is 0 Å². The third kappa shape index (κ3) is 4.97. The van der Waals surface area contributed by atoms with Gasteiger partial charge in [0, 0.05) is 20.6 Å². The van der Waals surface area contributed by atoms with E-state index in [4.69, 9.17) is 9.47 Å². The number of pyridine rings is 1. The van der Waals surface area contributed by atoms with E-state index in [1.165, 1.54) is 19.3 Å². The number of fused-ring (bicyclic) bond motifs is 1. The van der Waals surface area contributed by atoms with Gasteiger partial charge >= 0.3 is 12.1 Å². The molecule has 0 bridgehead atoms. The average Bonchev–Trinajstić information content (AvgIpc) is 3.49. The van der Waals surface area contributed by atoms with E-state index in [0.717, 1.165) is 12.8 Å². The molecule has 2 aromatic heterocycles. The van der Waals surface area contributed by atoms with E-state index in [1.807, 2.05) is 19.1 Å². The molecular weight excluding hydrogens is 450 g/mol. The zero-order valence-corrected chi connectivity index (χ0v) is 20.5. The lowest BCUT2D eigenvalue weighted by atomic mass is 9.85. The molecule has 3 aliphatic carbocycles. The summed E-state index contributed by atoms with van der Waals surface area (Å²) in [4.78, 5) is 30.3. The lowest BCUT2D eigenvalue weighted by molar-refractivity contribution is -0.144. The summed E-state index contributed by atoms with van der Waals surface area (Å²) in [5.74, 6) is 0.960. The Labute approximate surface area is 204 Å². The zero-order chi connectivity index (χ0) is 24.7. The monoisotopic (exact) mass is 483 g/mol. The number of amides is 1. The van der Waals surface area contributed by atoms with Crippen LogP contribution in [0.25, 0.3) is 11.4 Å². The molecule has 2 aromatic rings. The van der Waals surface area contributed by atoms with Crippen molar-refractivity contribution in [2.75, 3.05) is 13.6 Å². The number of carbonyl (C=O) groups is 2. The van der Waals surface area contributed by atoms with Crippen LogP contribution in [-0.2, 0) is 23.2 Å². The number of hydrogen-bond donors (Lipinski definition) is 1. The summed E-state index contributed by atoms with van der Waals surface area (Å²) in [6, 6.07) is 3.67. The molecule has 1 N–H and O–H groups in total. The zero-order valence-electron chi connectivity index (χ0n) is 20.5. The van der Waals surface area contributed by atoms with Gasteiger partial charge in [0.25, 0.3) is 0 Å². The molecule has 3 saturated carbocycles. The van der Waals surface area contributed by atoms with Crippen molar-refractivity contribution in [2.24, 2.45) is 30.7 Å². The number of rotatable bonds is 8. The van der Waals surface area contributed by atoms with Crippen molar-refractivity contribution < 1.29 is 24.2 Å². The van der Waals surface area contributed by atoms with Crippen molar-refractivity contribution in [2.45, 2.75) is 58.2 Å². The summed E-state index contributed by atoms with van der Waals surface area (Å²) in [7, 11) is 3.52. The van der Waals surface area contributed by atoms with Crippen LogP contribution in [0.4, 0.5) is 4.79 Å². The first-order chi connectivity index (χ1) is 16.8. The van der Waals surface area contributed by atoms with Crippen molar-refractivity contribution in [3.8, 4) is 17.1 Å². The van der Waals surface area contributed by atoms with Gasteiger partial charge in [0.1, 0.15) is 23.7 Å². The summed E-state index contributed by atoms with van der Waals surface area (Å²) in [6.07, 6.45) is 5.51. The summed E-state index contributed by atoms with van der Waals surface area (Å²) in [5, 5.41) is 17.9. The Balaban J connectivity index is 1.24. The van der Waals surface area contributed by atoms with E-state index >= 15 is 0 Å². The van der Waals surface area contributed by atoms with Crippen molar-refractivity contribution >= 4 is 12.1 Å². The summed E-state index contributed by atoms with van der Waals surface area (Å²) in [6.45, 7) is 2.63. The topological polar surface area (TPSA) is 120 Å². The molecule has 0 aliphatic heterocycles. The smallest absolute Gasteiger partial charge is 0.409 e. The van der Waals surface area contributed by atoms with Gasteiger partial charge in [-0.25, -0.2) is 14.5 Å². The third-order valence-electron chi connectivity index (χ3n) is 7.81. The van der Waals surface area contributed by atoms with Crippen LogP contribution in [0, 0.1) is 30.6 Å². The van der Waals surface area contributed by atoms with Crippen molar-refractivity contribution in [3.05, 3.63) is 23.5 Å². The molecule has 5 rings (SSSR count). The number of carboxylic acid groups (broad SMARTS) is 1. The number of hydrogen-bond acceptors (Lipinski definition) is 7. The molecule has 0 saturated heterocycles. The summed E-state index contributed by atoms with van der Waals surface area (Å²) < 4.78 is 13.3. The molecule has 10 heteroatoms. The fourth-order valence-corrected chi connectivity index (χ4v) is 5.41. The van der Waals surface area contributed by atoms with Gasteiger partial charge in [0.2, 0.25) is 0 Å². The van der Waals surface area contributed by atoms with Crippen LogP contribution in [0.5, 0.6) is 5.75 Å². The van der Waals surface area contributed by atoms with Crippen LogP contribution in [0.15, 0.2) is 12.1 Å². The highest BCUT2D eigenvalue weighted by molar-refractivity contribution is 5.71. The lowest BCUT2D eigenvalue weighted by Crippen LogP contribution is -2.34. The van der Waals surface area contributed by atoms with E-state index in [-0.39, 0.29) is 24.7 Å². The van der Waals surface area contributed by atoms with Gasteiger partial charge < -0.3 is 19.5 Å². The minimum absolute atomic E-state index is 0.0485. The fourth-order valence-electron chi connectivity index (χ4n) is 5.41. The van der Waals surface area contributed by atoms with Gasteiger partial charge in [-0.1, -0.05) is 11.6 Å². The highest BCUT2D eigenvalue weighted by atomic mass is 16.6. The number of aromatic nitrogens is 4. The van der Waals surface area contributed by atoms with Gasteiger partial charge in [-0.15, -0.1) is 5.10 Å². The Hall–Kier alpha value is -3.17. The molecule has 3 aliphatic rings. The van der Waals surface area contributed by atoms with Crippen molar-refractivity contribution in [1.82, 2.24) is 24.9 Å². The van der Waals surface area contributed by atoms with Crippen LogP contribution < -0.4 is 4.74 Å². The number of aliphatic carboxylic acids is 1. The maximum atomic E-state index is 12.4. The first-order valence-corrected chi connectivity index (χ1v) is 12.4. The minimum Gasteiger partial charge on any atom is -0.488 e. The Morgan fingerprint density at radius 1 is 1.23 bits per heavy atom. The number of aryl methyl sites for hydroxylation is 2. The average molecular weight is 484 g/mol. The molecule has 188 valence electrons. The van der Waals surface area contributed by atoms with Gasteiger partial charge in [0.15, 0.2) is 0 Å². The highest BCUT2D eigenvalue weighted by Crippen LogP contribution is 2.53. The Kier molecular flexibility index (Phi) is 6.37.